The van der Waals surface area contributed by atoms with Gasteiger partial charge in [-0.15, -0.1) is 0 Å². The summed E-state index contributed by atoms with van der Waals surface area (Å²) in [5, 5.41) is 0. The highest BCUT2D eigenvalue weighted by molar-refractivity contribution is 6.35. The van der Waals surface area contributed by atoms with Crippen LogP contribution in [-0.2, 0) is 16.1 Å². The lowest BCUT2D eigenvalue weighted by molar-refractivity contribution is -0.138. The quantitative estimate of drug-likeness (QED) is 0.646. The maximum Gasteiger partial charge on any atom is 0.278 e. The number of amides is 2. The summed E-state index contributed by atoms with van der Waals surface area (Å²) >= 11 is 0. The van der Waals surface area contributed by atoms with E-state index in [1.807, 2.05) is 24.3 Å². The molecule has 0 spiro atoms. The minimum absolute atomic E-state index is 0.138. The molecule has 6 heteroatoms. The van der Waals surface area contributed by atoms with Crippen molar-refractivity contribution in [3.05, 3.63) is 59.7 Å². The van der Waals surface area contributed by atoms with Crippen LogP contribution >= 0.6 is 0 Å². The molecular formula is C24H28N2O4. The van der Waals surface area contributed by atoms with E-state index >= 15 is 0 Å². The first-order valence-corrected chi connectivity index (χ1v) is 10.7. The zero-order chi connectivity index (χ0) is 21.1. The van der Waals surface area contributed by atoms with Crippen LogP contribution in [0.2, 0.25) is 0 Å². The fraction of sp³-hybridized carbons (Fsp3) is 0.417. The van der Waals surface area contributed by atoms with Gasteiger partial charge in [0.2, 0.25) is 0 Å². The maximum atomic E-state index is 13.4. The standard InChI is InChI=1S/C24H28N2O4/c1-3-13-29-19-10-8-18(9-11-19)21-22(25-12-4-6-17(2)15-25)24(28)26(23(21)27)16-20-7-5-14-30-20/h5,7-11,14,17H,3-4,6,12-13,15-16H2,1-2H3. The molecule has 3 heterocycles. The number of likely N-dealkylation sites (tertiary alicyclic amines) is 1. The molecule has 4 rings (SSSR count). The summed E-state index contributed by atoms with van der Waals surface area (Å²) in [5.74, 6) is 1.32. The number of hydrogen-bond acceptors (Lipinski definition) is 5. The SMILES string of the molecule is CCCOc1ccc(C2=C(N3CCCC(C)C3)C(=O)N(Cc3ccco3)C2=O)cc1. The van der Waals surface area contributed by atoms with Gasteiger partial charge in [0, 0.05) is 13.1 Å². The maximum absolute atomic E-state index is 13.4. The van der Waals surface area contributed by atoms with Crippen LogP contribution in [0.3, 0.4) is 0 Å². The Hall–Kier alpha value is -3.02. The van der Waals surface area contributed by atoms with Crippen LogP contribution in [0.25, 0.3) is 5.57 Å². The summed E-state index contributed by atoms with van der Waals surface area (Å²) in [6, 6.07) is 11.0. The Morgan fingerprint density at radius 3 is 2.60 bits per heavy atom. The third-order valence-electron chi connectivity index (χ3n) is 5.63. The fourth-order valence-electron chi connectivity index (χ4n) is 4.15. The van der Waals surface area contributed by atoms with E-state index in [2.05, 4.69) is 18.7 Å². The number of carbonyl (C=O) groups is 2. The van der Waals surface area contributed by atoms with Gasteiger partial charge in [-0.05, 0) is 55.0 Å². The second-order valence-corrected chi connectivity index (χ2v) is 8.07. The molecule has 2 aliphatic heterocycles. The third-order valence-corrected chi connectivity index (χ3v) is 5.63. The number of carbonyl (C=O) groups excluding carboxylic acids is 2. The van der Waals surface area contributed by atoms with E-state index in [4.69, 9.17) is 9.15 Å². The topological polar surface area (TPSA) is 63.0 Å². The Bertz CT molecular complexity index is 931. The number of benzene rings is 1. The molecule has 2 aliphatic rings. The van der Waals surface area contributed by atoms with E-state index in [0.29, 0.717) is 29.6 Å². The van der Waals surface area contributed by atoms with Crippen molar-refractivity contribution in [1.29, 1.82) is 0 Å². The third kappa shape index (κ3) is 3.99. The van der Waals surface area contributed by atoms with Crippen LogP contribution in [0.1, 0.15) is 44.4 Å². The van der Waals surface area contributed by atoms with Crippen molar-refractivity contribution in [2.75, 3.05) is 19.7 Å². The lowest BCUT2D eigenvalue weighted by Crippen LogP contribution is -2.39. The summed E-state index contributed by atoms with van der Waals surface area (Å²) in [7, 11) is 0. The first-order chi connectivity index (χ1) is 14.6. The number of hydrogen-bond donors (Lipinski definition) is 0. The normalized spacial score (nSPS) is 19.7. The largest absolute Gasteiger partial charge is 0.494 e. The van der Waals surface area contributed by atoms with Crippen LogP contribution in [0.15, 0.2) is 52.8 Å². The molecule has 0 bridgehead atoms. The molecule has 2 amide bonds. The van der Waals surface area contributed by atoms with Gasteiger partial charge in [0.15, 0.2) is 0 Å². The molecule has 0 radical (unpaired) electrons. The van der Waals surface area contributed by atoms with E-state index in [-0.39, 0.29) is 18.4 Å². The minimum atomic E-state index is -0.271. The monoisotopic (exact) mass is 408 g/mol. The summed E-state index contributed by atoms with van der Waals surface area (Å²) in [4.78, 5) is 30.1. The number of nitrogens with zero attached hydrogens (tertiary/aromatic N) is 2. The Morgan fingerprint density at radius 1 is 1.13 bits per heavy atom. The summed E-state index contributed by atoms with van der Waals surface area (Å²) in [5.41, 5.74) is 1.73. The van der Waals surface area contributed by atoms with Crippen molar-refractivity contribution in [3.8, 4) is 5.75 Å². The van der Waals surface area contributed by atoms with Crippen molar-refractivity contribution >= 4 is 17.4 Å². The molecule has 158 valence electrons. The van der Waals surface area contributed by atoms with Crippen molar-refractivity contribution < 1.29 is 18.7 Å². The van der Waals surface area contributed by atoms with E-state index < -0.39 is 0 Å². The molecular weight excluding hydrogens is 380 g/mol. The van der Waals surface area contributed by atoms with E-state index in [1.54, 1.807) is 18.4 Å². The van der Waals surface area contributed by atoms with Gasteiger partial charge in [-0.3, -0.25) is 14.5 Å². The second-order valence-electron chi connectivity index (χ2n) is 8.07. The Kier molecular flexibility index (Phi) is 5.93. The average molecular weight is 408 g/mol. The number of furan rings is 1. The van der Waals surface area contributed by atoms with Gasteiger partial charge < -0.3 is 14.1 Å². The van der Waals surface area contributed by atoms with Gasteiger partial charge in [0.05, 0.1) is 25.0 Å². The highest BCUT2D eigenvalue weighted by atomic mass is 16.5. The van der Waals surface area contributed by atoms with Gasteiger partial charge in [-0.2, -0.15) is 0 Å². The lowest BCUT2D eigenvalue weighted by atomic mass is 9.97. The molecule has 1 atom stereocenters. The average Bonchev–Trinajstić information content (AvgIpc) is 3.35. The first-order valence-electron chi connectivity index (χ1n) is 10.7. The number of imide groups is 1. The molecule has 0 aliphatic carbocycles. The molecule has 30 heavy (non-hydrogen) atoms. The Morgan fingerprint density at radius 2 is 1.93 bits per heavy atom. The molecule has 1 aromatic carbocycles. The van der Waals surface area contributed by atoms with Gasteiger partial charge >= 0.3 is 0 Å². The zero-order valence-corrected chi connectivity index (χ0v) is 17.6. The van der Waals surface area contributed by atoms with Crippen LogP contribution in [-0.4, -0.2) is 41.3 Å². The summed E-state index contributed by atoms with van der Waals surface area (Å²) < 4.78 is 11.1. The van der Waals surface area contributed by atoms with Gasteiger partial charge in [-0.25, -0.2) is 0 Å². The highest BCUT2D eigenvalue weighted by Crippen LogP contribution is 2.35. The zero-order valence-electron chi connectivity index (χ0n) is 17.6. The molecule has 0 N–H and O–H groups in total. The molecule has 2 aromatic rings. The summed E-state index contributed by atoms with van der Waals surface area (Å²) in [6.07, 6.45) is 4.64. The number of piperidine rings is 1. The molecule has 1 aromatic heterocycles. The van der Waals surface area contributed by atoms with Crippen molar-refractivity contribution in [3.63, 3.8) is 0 Å². The fourth-order valence-corrected chi connectivity index (χ4v) is 4.15. The van der Waals surface area contributed by atoms with Crippen LogP contribution in [0.5, 0.6) is 5.75 Å². The van der Waals surface area contributed by atoms with E-state index in [1.165, 1.54) is 4.90 Å². The number of ether oxygens (including phenoxy) is 1. The predicted molar refractivity (Wildman–Crippen MR) is 113 cm³/mol. The Balaban J connectivity index is 1.69. The lowest BCUT2D eigenvalue weighted by Gasteiger charge is -2.33. The van der Waals surface area contributed by atoms with E-state index in [9.17, 15) is 9.59 Å². The molecule has 6 nitrogen and oxygen atoms in total. The molecule has 1 saturated heterocycles. The highest BCUT2D eigenvalue weighted by Gasteiger charge is 2.42. The smallest absolute Gasteiger partial charge is 0.278 e. The molecule has 1 unspecified atom stereocenters. The van der Waals surface area contributed by atoms with Gasteiger partial charge in [-0.1, -0.05) is 26.0 Å². The summed E-state index contributed by atoms with van der Waals surface area (Å²) in [6.45, 7) is 6.60. The second kappa shape index (κ2) is 8.78. The van der Waals surface area contributed by atoms with E-state index in [0.717, 1.165) is 43.7 Å². The van der Waals surface area contributed by atoms with Crippen LogP contribution < -0.4 is 4.74 Å². The first kappa shape index (κ1) is 20.3. The van der Waals surface area contributed by atoms with Crippen LogP contribution in [0, 0.1) is 5.92 Å². The predicted octanol–water partition coefficient (Wildman–Crippen LogP) is 4.08. The van der Waals surface area contributed by atoms with Crippen molar-refractivity contribution in [2.45, 2.75) is 39.7 Å². The number of rotatable bonds is 7. The van der Waals surface area contributed by atoms with Gasteiger partial charge in [0.25, 0.3) is 11.8 Å². The van der Waals surface area contributed by atoms with Crippen molar-refractivity contribution in [1.82, 2.24) is 9.80 Å². The minimum Gasteiger partial charge on any atom is -0.494 e. The van der Waals surface area contributed by atoms with Gasteiger partial charge in [0.1, 0.15) is 17.2 Å². The molecule has 0 saturated carbocycles. The van der Waals surface area contributed by atoms with Crippen molar-refractivity contribution in [2.24, 2.45) is 5.92 Å². The Labute approximate surface area is 177 Å². The van der Waals surface area contributed by atoms with Crippen LogP contribution in [0.4, 0.5) is 0 Å². The molecule has 1 fully saturated rings.